The maximum absolute atomic E-state index is 12.0. The smallest absolute Gasteiger partial charge is 0.271 e. The van der Waals surface area contributed by atoms with Crippen molar-refractivity contribution in [1.29, 1.82) is 0 Å². The van der Waals surface area contributed by atoms with E-state index in [9.17, 15) is 4.79 Å². The third-order valence-corrected chi connectivity index (χ3v) is 4.63. The van der Waals surface area contributed by atoms with E-state index in [-0.39, 0.29) is 5.91 Å². The van der Waals surface area contributed by atoms with Crippen molar-refractivity contribution in [2.75, 3.05) is 0 Å². The Balaban J connectivity index is 1.64. The molecular formula is C22H20BrN3O2. The number of halogens is 1. The van der Waals surface area contributed by atoms with Gasteiger partial charge in [-0.2, -0.15) is 5.10 Å². The summed E-state index contributed by atoms with van der Waals surface area (Å²) in [4.78, 5) is 15.9. The number of aromatic nitrogens is 1. The van der Waals surface area contributed by atoms with Crippen molar-refractivity contribution in [3.8, 4) is 5.75 Å². The molecule has 1 amide bonds. The Morgan fingerprint density at radius 2 is 1.75 bits per heavy atom. The Hall–Kier alpha value is -2.99. The summed E-state index contributed by atoms with van der Waals surface area (Å²) >= 11 is 3.43. The summed E-state index contributed by atoms with van der Waals surface area (Å²) in [5, 5.41) is 4.04. The van der Waals surface area contributed by atoms with Gasteiger partial charge in [0.25, 0.3) is 5.91 Å². The highest BCUT2D eigenvalue weighted by Gasteiger charge is 2.07. The lowest BCUT2D eigenvalue weighted by Gasteiger charge is -2.13. The SMILES string of the molecule is Cc1cc(/C=N\NC(=O)c2ccncc2)cc(C)c1OCc1ccc(Br)cc1. The monoisotopic (exact) mass is 437 g/mol. The Kier molecular flexibility index (Phi) is 6.55. The van der Waals surface area contributed by atoms with Crippen LogP contribution in [0.15, 0.2) is 70.5 Å². The predicted octanol–water partition coefficient (Wildman–Crippen LogP) is 4.80. The first-order chi connectivity index (χ1) is 13.5. The van der Waals surface area contributed by atoms with Crippen molar-refractivity contribution in [3.63, 3.8) is 0 Å². The molecular weight excluding hydrogens is 418 g/mol. The molecule has 0 unspecified atom stereocenters. The molecule has 28 heavy (non-hydrogen) atoms. The minimum atomic E-state index is -0.276. The maximum atomic E-state index is 12.0. The minimum Gasteiger partial charge on any atom is -0.488 e. The van der Waals surface area contributed by atoms with Gasteiger partial charge in [-0.1, -0.05) is 28.1 Å². The molecule has 0 spiro atoms. The number of amides is 1. The normalized spacial score (nSPS) is 10.8. The number of benzene rings is 2. The Morgan fingerprint density at radius 3 is 2.39 bits per heavy atom. The highest BCUT2D eigenvalue weighted by molar-refractivity contribution is 9.10. The zero-order valence-corrected chi connectivity index (χ0v) is 17.2. The largest absolute Gasteiger partial charge is 0.488 e. The van der Waals surface area contributed by atoms with Gasteiger partial charge in [0.2, 0.25) is 0 Å². The van der Waals surface area contributed by atoms with E-state index in [1.165, 1.54) is 0 Å². The van der Waals surface area contributed by atoms with Crippen LogP contribution in [0.1, 0.15) is 32.6 Å². The number of aryl methyl sites for hydroxylation is 2. The number of ether oxygens (including phenoxy) is 1. The zero-order chi connectivity index (χ0) is 19.9. The number of hydrogen-bond acceptors (Lipinski definition) is 4. The quantitative estimate of drug-likeness (QED) is 0.444. The van der Waals surface area contributed by atoms with E-state index in [1.807, 2.05) is 50.2 Å². The predicted molar refractivity (Wildman–Crippen MR) is 114 cm³/mol. The van der Waals surface area contributed by atoms with E-state index >= 15 is 0 Å². The van der Waals surface area contributed by atoms with Crippen molar-refractivity contribution in [2.45, 2.75) is 20.5 Å². The van der Waals surface area contributed by atoms with Crippen LogP contribution in [-0.4, -0.2) is 17.1 Å². The average Bonchev–Trinajstić information content (AvgIpc) is 2.69. The molecule has 0 aliphatic rings. The Labute approximate surface area is 172 Å². The van der Waals surface area contributed by atoms with Crippen LogP contribution in [0.4, 0.5) is 0 Å². The van der Waals surface area contributed by atoms with Gasteiger partial charge in [0.1, 0.15) is 12.4 Å². The molecule has 142 valence electrons. The molecule has 3 rings (SSSR count). The second-order valence-corrected chi connectivity index (χ2v) is 7.25. The van der Waals surface area contributed by atoms with Crippen molar-refractivity contribution in [2.24, 2.45) is 5.10 Å². The van der Waals surface area contributed by atoms with E-state index in [1.54, 1.807) is 30.7 Å². The summed E-state index contributed by atoms with van der Waals surface area (Å²) in [6, 6.07) is 15.3. The fourth-order valence-electron chi connectivity index (χ4n) is 2.76. The van der Waals surface area contributed by atoms with Crippen LogP contribution in [0.25, 0.3) is 0 Å². The van der Waals surface area contributed by atoms with Gasteiger partial charge in [-0.15, -0.1) is 0 Å². The number of hydrazone groups is 1. The summed E-state index contributed by atoms with van der Waals surface area (Å²) < 4.78 is 7.06. The molecule has 6 heteroatoms. The highest BCUT2D eigenvalue weighted by Crippen LogP contribution is 2.25. The Morgan fingerprint density at radius 1 is 1.11 bits per heavy atom. The molecule has 5 nitrogen and oxygen atoms in total. The summed E-state index contributed by atoms with van der Waals surface area (Å²) in [7, 11) is 0. The second-order valence-electron chi connectivity index (χ2n) is 6.33. The van der Waals surface area contributed by atoms with Crippen LogP contribution in [0, 0.1) is 13.8 Å². The molecule has 1 N–H and O–H groups in total. The van der Waals surface area contributed by atoms with Crippen molar-refractivity contribution in [3.05, 3.63) is 93.2 Å². The van der Waals surface area contributed by atoms with Crippen LogP contribution in [0.5, 0.6) is 5.75 Å². The van der Waals surface area contributed by atoms with Crippen LogP contribution in [0.2, 0.25) is 0 Å². The first-order valence-electron chi connectivity index (χ1n) is 8.75. The van der Waals surface area contributed by atoms with E-state index in [0.717, 1.165) is 32.5 Å². The van der Waals surface area contributed by atoms with Gasteiger partial charge in [-0.05, 0) is 72.5 Å². The lowest BCUT2D eigenvalue weighted by atomic mass is 10.1. The molecule has 2 aromatic carbocycles. The number of hydrogen-bond donors (Lipinski definition) is 1. The molecule has 0 saturated carbocycles. The van der Waals surface area contributed by atoms with Crippen LogP contribution in [-0.2, 0) is 6.61 Å². The number of carbonyl (C=O) groups is 1. The van der Waals surface area contributed by atoms with E-state index in [2.05, 4.69) is 31.4 Å². The summed E-state index contributed by atoms with van der Waals surface area (Å²) in [6.45, 7) is 4.50. The van der Waals surface area contributed by atoms with Crippen molar-refractivity contribution < 1.29 is 9.53 Å². The number of carbonyl (C=O) groups excluding carboxylic acids is 1. The highest BCUT2D eigenvalue weighted by atomic mass is 79.9. The van der Waals surface area contributed by atoms with Crippen molar-refractivity contribution in [1.82, 2.24) is 10.4 Å². The number of nitrogens with zero attached hydrogens (tertiary/aromatic N) is 2. The van der Waals surface area contributed by atoms with Gasteiger partial charge < -0.3 is 4.74 Å². The first-order valence-corrected chi connectivity index (χ1v) is 9.54. The standard InChI is InChI=1S/C22H20BrN3O2/c1-15-11-18(13-25-26-22(27)19-7-9-24-10-8-19)12-16(2)21(15)28-14-17-3-5-20(23)6-4-17/h3-13H,14H2,1-2H3,(H,26,27)/b25-13-. The summed E-state index contributed by atoms with van der Waals surface area (Å²) in [5.74, 6) is 0.586. The lowest BCUT2D eigenvalue weighted by molar-refractivity contribution is 0.0955. The molecule has 1 heterocycles. The van der Waals surface area contributed by atoms with Gasteiger partial charge >= 0.3 is 0 Å². The van der Waals surface area contributed by atoms with E-state index < -0.39 is 0 Å². The van der Waals surface area contributed by atoms with Crippen molar-refractivity contribution >= 4 is 28.1 Å². The summed E-state index contributed by atoms with van der Waals surface area (Å²) in [5.41, 5.74) is 7.05. The second kappa shape index (κ2) is 9.28. The molecule has 3 aromatic rings. The Bertz CT molecular complexity index is 963. The third-order valence-electron chi connectivity index (χ3n) is 4.10. The van der Waals surface area contributed by atoms with E-state index in [4.69, 9.17) is 4.74 Å². The zero-order valence-electron chi connectivity index (χ0n) is 15.6. The number of rotatable bonds is 6. The van der Waals surface area contributed by atoms with Crippen LogP contribution in [0.3, 0.4) is 0 Å². The molecule has 0 saturated heterocycles. The van der Waals surface area contributed by atoms with Gasteiger partial charge in [0.15, 0.2) is 0 Å². The van der Waals surface area contributed by atoms with Gasteiger partial charge in [0.05, 0.1) is 6.21 Å². The van der Waals surface area contributed by atoms with Crippen LogP contribution < -0.4 is 10.2 Å². The number of nitrogens with one attached hydrogen (secondary N) is 1. The third kappa shape index (κ3) is 5.27. The molecule has 0 fully saturated rings. The molecule has 0 bridgehead atoms. The fourth-order valence-corrected chi connectivity index (χ4v) is 3.02. The van der Waals surface area contributed by atoms with Gasteiger partial charge in [-0.25, -0.2) is 5.43 Å². The van der Waals surface area contributed by atoms with Crippen LogP contribution >= 0.6 is 15.9 Å². The molecule has 1 aromatic heterocycles. The van der Waals surface area contributed by atoms with E-state index in [0.29, 0.717) is 12.2 Å². The molecule has 0 atom stereocenters. The molecule has 0 aliphatic carbocycles. The van der Waals surface area contributed by atoms with Gasteiger partial charge in [-0.3, -0.25) is 9.78 Å². The topological polar surface area (TPSA) is 63.6 Å². The lowest BCUT2D eigenvalue weighted by Crippen LogP contribution is -2.17. The minimum absolute atomic E-state index is 0.276. The average molecular weight is 438 g/mol. The maximum Gasteiger partial charge on any atom is 0.271 e. The summed E-state index contributed by atoms with van der Waals surface area (Å²) in [6.07, 6.45) is 4.76. The fraction of sp³-hybridized carbons (Fsp3) is 0.136. The molecule has 0 aliphatic heterocycles. The van der Waals surface area contributed by atoms with Gasteiger partial charge in [0, 0.05) is 22.4 Å². The first kappa shape index (κ1) is 19.8. The molecule has 0 radical (unpaired) electrons. The number of pyridine rings is 1.